The van der Waals surface area contributed by atoms with Crippen molar-refractivity contribution in [3.8, 4) is 0 Å². The van der Waals surface area contributed by atoms with Crippen molar-refractivity contribution < 1.29 is 0 Å². The van der Waals surface area contributed by atoms with Crippen LogP contribution in [0.25, 0.3) is 0 Å². The van der Waals surface area contributed by atoms with Gasteiger partial charge in [-0.25, -0.2) is 0 Å². The molecule has 0 amide bonds. The Morgan fingerprint density at radius 1 is 1.00 bits per heavy atom. The van der Waals surface area contributed by atoms with E-state index in [4.69, 9.17) is 5.73 Å². The molecule has 0 aromatic heterocycles. The normalized spacial score (nSPS) is 33.7. The topological polar surface area (TPSA) is 29.3 Å². The molecular weight excluding hydrogens is 244 g/mol. The number of benzene rings is 1. The van der Waals surface area contributed by atoms with Gasteiger partial charge in [0, 0.05) is 17.8 Å². The van der Waals surface area contributed by atoms with E-state index in [9.17, 15) is 0 Å². The number of aryl methyl sites for hydroxylation is 1. The Morgan fingerprint density at radius 2 is 1.85 bits per heavy atom. The Bertz CT molecular complexity index is 494. The van der Waals surface area contributed by atoms with Crippen molar-refractivity contribution in [3.63, 3.8) is 0 Å². The highest BCUT2D eigenvalue weighted by Gasteiger charge is 2.39. The van der Waals surface area contributed by atoms with Gasteiger partial charge in [0.2, 0.25) is 0 Å². The molecule has 0 spiro atoms. The Morgan fingerprint density at radius 3 is 2.80 bits per heavy atom. The standard InChI is InChI=1S/C18H26N2/c19-15-8-9-16-14(12-15)7-10-18(16)20-11-3-5-13-4-1-2-6-17(13)20/h8-9,12-13,17-18H,1-7,10-11,19H2. The van der Waals surface area contributed by atoms with E-state index in [-0.39, 0.29) is 0 Å². The second-order valence-electron chi connectivity index (χ2n) is 7.00. The first-order valence-corrected chi connectivity index (χ1v) is 8.47. The summed E-state index contributed by atoms with van der Waals surface area (Å²) in [5.74, 6) is 0.982. The van der Waals surface area contributed by atoms with Gasteiger partial charge in [-0.2, -0.15) is 0 Å². The van der Waals surface area contributed by atoms with E-state index in [0.717, 1.165) is 17.6 Å². The largest absolute Gasteiger partial charge is 0.399 e. The van der Waals surface area contributed by atoms with Crippen LogP contribution in [0.2, 0.25) is 0 Å². The fourth-order valence-electron chi connectivity index (χ4n) is 5.01. The number of piperidine rings is 1. The minimum absolute atomic E-state index is 0.677. The first kappa shape index (κ1) is 12.7. The van der Waals surface area contributed by atoms with Gasteiger partial charge in [-0.1, -0.05) is 18.9 Å². The predicted molar refractivity (Wildman–Crippen MR) is 83.6 cm³/mol. The quantitative estimate of drug-likeness (QED) is 0.784. The number of hydrogen-bond acceptors (Lipinski definition) is 2. The van der Waals surface area contributed by atoms with Crippen molar-refractivity contribution >= 4 is 5.69 Å². The van der Waals surface area contributed by atoms with Crippen molar-refractivity contribution in [2.45, 2.75) is 63.5 Å². The van der Waals surface area contributed by atoms with Crippen LogP contribution in [0.3, 0.4) is 0 Å². The van der Waals surface area contributed by atoms with Crippen LogP contribution in [0, 0.1) is 5.92 Å². The minimum atomic E-state index is 0.677. The third-order valence-corrected chi connectivity index (χ3v) is 5.90. The molecule has 3 aliphatic rings. The second kappa shape index (κ2) is 5.07. The van der Waals surface area contributed by atoms with Crippen LogP contribution in [0.4, 0.5) is 5.69 Å². The van der Waals surface area contributed by atoms with Gasteiger partial charge in [0.1, 0.15) is 0 Å². The summed E-state index contributed by atoms with van der Waals surface area (Å²) in [6, 6.07) is 8.15. The van der Waals surface area contributed by atoms with E-state index in [0.29, 0.717) is 6.04 Å². The van der Waals surface area contributed by atoms with Gasteiger partial charge >= 0.3 is 0 Å². The molecule has 2 aliphatic carbocycles. The van der Waals surface area contributed by atoms with Crippen LogP contribution < -0.4 is 5.73 Å². The zero-order valence-corrected chi connectivity index (χ0v) is 12.4. The van der Waals surface area contributed by atoms with Gasteiger partial charge in [0.05, 0.1) is 0 Å². The summed E-state index contributed by atoms with van der Waals surface area (Å²) in [4.78, 5) is 2.87. The summed E-state index contributed by atoms with van der Waals surface area (Å²) in [6.45, 7) is 1.32. The van der Waals surface area contributed by atoms with E-state index in [1.807, 2.05) is 0 Å². The summed E-state index contributed by atoms with van der Waals surface area (Å²) in [5.41, 5.74) is 9.96. The number of fused-ring (bicyclic) bond motifs is 2. The zero-order chi connectivity index (χ0) is 13.5. The molecule has 2 nitrogen and oxygen atoms in total. The van der Waals surface area contributed by atoms with Gasteiger partial charge < -0.3 is 5.73 Å². The zero-order valence-electron chi connectivity index (χ0n) is 12.4. The average Bonchev–Trinajstić information content (AvgIpc) is 2.89. The first-order valence-electron chi connectivity index (χ1n) is 8.47. The molecule has 1 saturated carbocycles. The SMILES string of the molecule is Nc1ccc2c(c1)CCC2N1CCCC2CCCCC21. The maximum Gasteiger partial charge on any atom is 0.0357 e. The molecule has 1 heterocycles. The molecule has 108 valence electrons. The first-order chi connectivity index (χ1) is 9.83. The highest BCUT2D eigenvalue weighted by atomic mass is 15.2. The fraction of sp³-hybridized carbons (Fsp3) is 0.667. The molecule has 2 heteroatoms. The Hall–Kier alpha value is -1.02. The van der Waals surface area contributed by atoms with Crippen molar-refractivity contribution in [3.05, 3.63) is 29.3 Å². The number of anilines is 1. The maximum atomic E-state index is 5.95. The molecule has 2 N–H and O–H groups in total. The lowest BCUT2D eigenvalue weighted by molar-refractivity contribution is 0.0254. The summed E-state index contributed by atoms with van der Waals surface area (Å²) >= 11 is 0. The molecule has 1 aliphatic heterocycles. The summed E-state index contributed by atoms with van der Waals surface area (Å²) in [6.07, 6.45) is 11.2. The molecule has 1 saturated heterocycles. The van der Waals surface area contributed by atoms with Crippen molar-refractivity contribution in [1.82, 2.24) is 4.90 Å². The summed E-state index contributed by atoms with van der Waals surface area (Å²) < 4.78 is 0. The lowest BCUT2D eigenvalue weighted by Crippen LogP contribution is -2.47. The van der Waals surface area contributed by atoms with E-state index in [1.165, 1.54) is 63.5 Å². The van der Waals surface area contributed by atoms with Gasteiger partial charge in [0.25, 0.3) is 0 Å². The van der Waals surface area contributed by atoms with Crippen LogP contribution >= 0.6 is 0 Å². The van der Waals surface area contributed by atoms with E-state index < -0.39 is 0 Å². The molecule has 20 heavy (non-hydrogen) atoms. The number of nitrogens with zero attached hydrogens (tertiary/aromatic N) is 1. The van der Waals surface area contributed by atoms with Crippen molar-refractivity contribution in [2.75, 3.05) is 12.3 Å². The number of nitrogens with two attached hydrogens (primary N) is 1. The van der Waals surface area contributed by atoms with Crippen LogP contribution in [0.5, 0.6) is 0 Å². The van der Waals surface area contributed by atoms with Crippen LogP contribution in [-0.4, -0.2) is 17.5 Å². The van der Waals surface area contributed by atoms with E-state index in [1.54, 1.807) is 5.56 Å². The molecular formula is C18H26N2. The van der Waals surface area contributed by atoms with Gasteiger partial charge in [-0.15, -0.1) is 0 Å². The number of likely N-dealkylation sites (tertiary alicyclic amines) is 1. The fourth-order valence-corrected chi connectivity index (χ4v) is 5.01. The van der Waals surface area contributed by atoms with E-state index >= 15 is 0 Å². The van der Waals surface area contributed by atoms with Crippen LogP contribution in [-0.2, 0) is 6.42 Å². The van der Waals surface area contributed by atoms with Crippen LogP contribution in [0.1, 0.15) is 62.1 Å². The van der Waals surface area contributed by atoms with Gasteiger partial charge in [-0.05, 0) is 74.2 Å². The highest BCUT2D eigenvalue weighted by molar-refractivity contribution is 5.47. The Balaban J connectivity index is 1.62. The maximum absolute atomic E-state index is 5.95. The van der Waals surface area contributed by atoms with Crippen molar-refractivity contribution in [1.29, 1.82) is 0 Å². The number of nitrogen functional groups attached to an aromatic ring is 1. The molecule has 0 radical (unpaired) electrons. The lowest BCUT2D eigenvalue weighted by Gasteiger charge is -2.47. The van der Waals surface area contributed by atoms with Crippen LogP contribution in [0.15, 0.2) is 18.2 Å². The average molecular weight is 270 g/mol. The second-order valence-corrected chi connectivity index (χ2v) is 7.00. The molecule has 3 unspecified atom stereocenters. The Labute approximate surface area is 122 Å². The van der Waals surface area contributed by atoms with Gasteiger partial charge in [-0.3, -0.25) is 4.90 Å². The predicted octanol–water partition coefficient (Wildman–Crippen LogP) is 3.91. The summed E-state index contributed by atoms with van der Waals surface area (Å²) in [5, 5.41) is 0. The highest BCUT2D eigenvalue weighted by Crippen LogP contribution is 2.44. The third-order valence-electron chi connectivity index (χ3n) is 5.90. The molecule has 1 aromatic carbocycles. The minimum Gasteiger partial charge on any atom is -0.399 e. The number of rotatable bonds is 1. The molecule has 2 fully saturated rings. The Kier molecular flexibility index (Phi) is 3.22. The van der Waals surface area contributed by atoms with E-state index in [2.05, 4.69) is 23.1 Å². The molecule has 0 bridgehead atoms. The van der Waals surface area contributed by atoms with Gasteiger partial charge in [0.15, 0.2) is 0 Å². The lowest BCUT2D eigenvalue weighted by atomic mass is 9.77. The monoisotopic (exact) mass is 270 g/mol. The van der Waals surface area contributed by atoms with Crippen molar-refractivity contribution in [2.24, 2.45) is 5.92 Å². The molecule has 4 rings (SSSR count). The smallest absolute Gasteiger partial charge is 0.0357 e. The molecule has 3 atom stereocenters. The molecule has 1 aromatic rings. The third kappa shape index (κ3) is 2.05. The summed E-state index contributed by atoms with van der Waals surface area (Å²) in [7, 11) is 0. The number of hydrogen-bond donors (Lipinski definition) is 1.